The van der Waals surface area contributed by atoms with Crippen molar-refractivity contribution in [2.75, 3.05) is 6.61 Å². The molecule has 12 heteroatoms. The molecule has 1 saturated heterocycles. The zero-order chi connectivity index (χ0) is 34.5. The number of hydrogen-bond donors (Lipinski definition) is 0. The molecule has 11 nitrogen and oxygen atoms in total. The quantitative estimate of drug-likeness (QED) is 0.163. The molecule has 0 saturated carbocycles. The van der Waals surface area contributed by atoms with Gasteiger partial charge in [0, 0.05) is 38.8 Å². The van der Waals surface area contributed by atoms with E-state index < -0.39 is 53.7 Å². The number of carbonyl (C=O) groups is 4. The van der Waals surface area contributed by atoms with E-state index in [1.165, 1.54) is 27.7 Å². The summed E-state index contributed by atoms with van der Waals surface area (Å²) in [6, 6.07) is 16.3. The van der Waals surface area contributed by atoms with Gasteiger partial charge in [0.1, 0.15) is 12.7 Å². The van der Waals surface area contributed by atoms with Gasteiger partial charge in [0.25, 0.3) is 0 Å². The lowest BCUT2D eigenvalue weighted by molar-refractivity contribution is -0.237. The standard InChI is InChI=1S/C36H38N2O9S/c1-19-7-11-25(12-8-19)17-27-15-16-28-30(26-13-9-20(2)10-14-26)37-36(38-31(27)28)48-35-34(46-24(6)42)33(45-23(5)41)32(44-22(4)40)29(47-35)18-43-21(3)39/h7-14,17,29,32-35H,15-16,18H2,1-6H3/b27-17+/t29-,32+,33+,34-,35+/m1/s1. The van der Waals surface area contributed by atoms with Crippen LogP contribution in [0.4, 0.5) is 0 Å². The Labute approximate surface area is 283 Å². The van der Waals surface area contributed by atoms with Crippen LogP contribution in [0.3, 0.4) is 0 Å². The number of rotatable bonds is 9. The van der Waals surface area contributed by atoms with Crippen LogP contribution in [-0.4, -0.2) is 70.3 Å². The number of aryl methyl sites for hydroxylation is 2. The van der Waals surface area contributed by atoms with Gasteiger partial charge in [-0.2, -0.15) is 0 Å². The van der Waals surface area contributed by atoms with Crippen molar-refractivity contribution in [3.63, 3.8) is 0 Å². The molecule has 0 amide bonds. The van der Waals surface area contributed by atoms with E-state index >= 15 is 0 Å². The van der Waals surface area contributed by atoms with Crippen molar-refractivity contribution in [3.05, 3.63) is 76.5 Å². The summed E-state index contributed by atoms with van der Waals surface area (Å²) >= 11 is 1.07. The van der Waals surface area contributed by atoms with E-state index in [-0.39, 0.29) is 6.61 Å². The number of allylic oxidation sites excluding steroid dienone is 1. The lowest BCUT2D eigenvalue weighted by Crippen LogP contribution is -2.61. The highest BCUT2D eigenvalue weighted by Crippen LogP contribution is 2.42. The maximum atomic E-state index is 12.4. The molecule has 5 rings (SSSR count). The second kappa shape index (κ2) is 15.1. The topological polar surface area (TPSA) is 140 Å². The van der Waals surface area contributed by atoms with Crippen LogP contribution in [0.25, 0.3) is 22.9 Å². The molecule has 1 aliphatic heterocycles. The minimum absolute atomic E-state index is 0.321. The molecule has 0 N–H and O–H groups in total. The van der Waals surface area contributed by atoms with Crippen LogP contribution in [0.1, 0.15) is 62.1 Å². The largest absolute Gasteiger partial charge is 0.463 e. The molecule has 252 valence electrons. The van der Waals surface area contributed by atoms with Crippen molar-refractivity contribution < 1.29 is 42.9 Å². The number of carbonyl (C=O) groups excluding carboxylic acids is 4. The van der Waals surface area contributed by atoms with Crippen molar-refractivity contribution >= 4 is 47.3 Å². The van der Waals surface area contributed by atoms with Gasteiger partial charge in [-0.3, -0.25) is 19.2 Å². The predicted octanol–water partition coefficient (Wildman–Crippen LogP) is 5.42. The molecule has 5 atom stereocenters. The van der Waals surface area contributed by atoms with Gasteiger partial charge in [-0.15, -0.1) is 0 Å². The van der Waals surface area contributed by atoms with E-state index in [0.717, 1.165) is 69.4 Å². The van der Waals surface area contributed by atoms with Crippen molar-refractivity contribution in [2.45, 2.75) is 89.4 Å². The van der Waals surface area contributed by atoms with E-state index in [0.29, 0.717) is 5.16 Å². The van der Waals surface area contributed by atoms with Crippen LogP contribution in [0.2, 0.25) is 0 Å². The Balaban J connectivity index is 1.60. The van der Waals surface area contributed by atoms with E-state index in [1.54, 1.807) is 0 Å². The Morgan fingerprint density at radius 1 is 0.750 bits per heavy atom. The number of nitrogens with zero attached hydrogens (tertiary/aromatic N) is 2. The maximum absolute atomic E-state index is 12.4. The number of thioether (sulfide) groups is 1. The summed E-state index contributed by atoms with van der Waals surface area (Å²) in [6.45, 7) is 8.55. The number of benzene rings is 2. The van der Waals surface area contributed by atoms with E-state index in [2.05, 4.69) is 30.3 Å². The summed E-state index contributed by atoms with van der Waals surface area (Å²) in [6.07, 6.45) is -1.21. The van der Waals surface area contributed by atoms with Gasteiger partial charge in [0.2, 0.25) is 0 Å². The Kier molecular flexibility index (Phi) is 11.0. The average Bonchev–Trinajstić information content (AvgIpc) is 3.42. The number of esters is 4. The Morgan fingerprint density at radius 2 is 1.31 bits per heavy atom. The van der Waals surface area contributed by atoms with Gasteiger partial charge in [0.05, 0.1) is 11.4 Å². The number of aromatic nitrogens is 2. The van der Waals surface area contributed by atoms with Gasteiger partial charge in [0.15, 0.2) is 28.9 Å². The third-order valence-corrected chi connectivity index (χ3v) is 8.85. The smallest absolute Gasteiger partial charge is 0.303 e. The number of hydrogen-bond acceptors (Lipinski definition) is 12. The van der Waals surface area contributed by atoms with Gasteiger partial charge in [-0.05, 0) is 43.9 Å². The Hall–Kier alpha value is -4.55. The summed E-state index contributed by atoms with van der Waals surface area (Å²) in [5.41, 5.74) is 6.81. The van der Waals surface area contributed by atoms with E-state index in [4.69, 9.17) is 33.7 Å². The highest BCUT2D eigenvalue weighted by atomic mass is 32.2. The zero-order valence-electron chi connectivity index (χ0n) is 27.7. The molecule has 3 aromatic rings. The molecule has 2 heterocycles. The molecule has 2 aliphatic rings. The lowest BCUT2D eigenvalue weighted by atomic mass is 9.99. The fourth-order valence-corrected chi connectivity index (χ4v) is 6.78. The van der Waals surface area contributed by atoms with Crippen LogP contribution in [0.15, 0.2) is 53.7 Å². The molecule has 0 radical (unpaired) electrons. The van der Waals surface area contributed by atoms with Gasteiger partial charge >= 0.3 is 23.9 Å². The van der Waals surface area contributed by atoms with E-state index in [9.17, 15) is 19.2 Å². The minimum atomic E-state index is -1.29. The number of fused-ring (bicyclic) bond motifs is 1. The fourth-order valence-electron chi connectivity index (χ4n) is 5.74. The van der Waals surface area contributed by atoms with Crippen molar-refractivity contribution in [1.82, 2.24) is 9.97 Å². The van der Waals surface area contributed by atoms with Crippen molar-refractivity contribution in [3.8, 4) is 11.3 Å². The molecule has 0 unspecified atom stereocenters. The molecular weight excluding hydrogens is 636 g/mol. The molecule has 1 aromatic heterocycles. The molecule has 1 fully saturated rings. The van der Waals surface area contributed by atoms with Crippen LogP contribution >= 0.6 is 11.8 Å². The molecule has 0 bridgehead atoms. The normalized spacial score (nSPS) is 22.5. The van der Waals surface area contributed by atoms with Gasteiger partial charge in [-0.25, -0.2) is 9.97 Å². The average molecular weight is 675 g/mol. The van der Waals surface area contributed by atoms with Gasteiger partial charge in [-0.1, -0.05) is 71.4 Å². The molecular formula is C36H38N2O9S. The van der Waals surface area contributed by atoms with Crippen LogP contribution in [0.5, 0.6) is 0 Å². The number of ether oxygens (including phenoxy) is 5. The Morgan fingerprint density at radius 3 is 1.92 bits per heavy atom. The van der Waals surface area contributed by atoms with Crippen LogP contribution in [0, 0.1) is 13.8 Å². The molecule has 2 aromatic carbocycles. The van der Waals surface area contributed by atoms with Crippen molar-refractivity contribution in [1.29, 1.82) is 0 Å². The highest BCUT2D eigenvalue weighted by molar-refractivity contribution is 7.99. The van der Waals surface area contributed by atoms with Crippen LogP contribution in [-0.2, 0) is 49.3 Å². The first-order valence-electron chi connectivity index (χ1n) is 15.6. The first kappa shape index (κ1) is 34.8. The second-order valence-corrected chi connectivity index (χ2v) is 12.9. The first-order valence-corrected chi connectivity index (χ1v) is 16.5. The van der Waals surface area contributed by atoms with Gasteiger partial charge < -0.3 is 23.7 Å². The maximum Gasteiger partial charge on any atom is 0.303 e. The Bertz CT molecular complexity index is 1720. The summed E-state index contributed by atoms with van der Waals surface area (Å²) < 4.78 is 28.4. The lowest BCUT2D eigenvalue weighted by Gasteiger charge is -2.43. The highest BCUT2D eigenvalue weighted by Gasteiger charge is 2.52. The predicted molar refractivity (Wildman–Crippen MR) is 177 cm³/mol. The summed E-state index contributed by atoms with van der Waals surface area (Å²) in [5, 5.41) is 0.321. The van der Waals surface area contributed by atoms with Crippen LogP contribution < -0.4 is 0 Å². The fraction of sp³-hybridized carbons (Fsp3) is 0.389. The summed E-state index contributed by atoms with van der Waals surface area (Å²) in [7, 11) is 0. The third-order valence-electron chi connectivity index (χ3n) is 7.85. The monoisotopic (exact) mass is 674 g/mol. The zero-order valence-corrected chi connectivity index (χ0v) is 28.5. The molecule has 0 spiro atoms. The summed E-state index contributed by atoms with van der Waals surface area (Å²) in [4.78, 5) is 58.6. The first-order chi connectivity index (χ1) is 22.9. The summed E-state index contributed by atoms with van der Waals surface area (Å²) in [5.74, 6) is -2.66. The van der Waals surface area contributed by atoms with Crippen molar-refractivity contribution in [2.24, 2.45) is 0 Å². The molecule has 48 heavy (non-hydrogen) atoms. The minimum Gasteiger partial charge on any atom is -0.463 e. The second-order valence-electron chi connectivity index (χ2n) is 11.8. The SMILES string of the molecule is CC(=O)OC[C@H]1O[C@@H](Sc2nc3c(c(-c4ccc(C)cc4)n2)CC/C3=C\c2ccc(C)cc2)[C@H](OC(C)=O)[C@@H](OC(C)=O)[C@H]1OC(C)=O. The third kappa shape index (κ3) is 8.48. The molecule has 1 aliphatic carbocycles. The van der Waals surface area contributed by atoms with E-state index in [1.807, 2.05) is 38.1 Å².